The zero-order chi connectivity index (χ0) is 20.7. The normalized spacial score (nSPS) is 29.2. The Balaban J connectivity index is 1.60. The average Bonchev–Trinajstić information content (AvgIpc) is 2.67. The van der Waals surface area contributed by atoms with Crippen molar-refractivity contribution in [3.8, 4) is 0 Å². The van der Waals surface area contributed by atoms with Crippen LogP contribution in [0.2, 0.25) is 0 Å². The number of aromatic nitrogens is 2. The Bertz CT molecular complexity index is 793. The van der Waals surface area contributed by atoms with Crippen LogP contribution in [0.1, 0.15) is 75.3 Å². The molecule has 158 valence electrons. The third kappa shape index (κ3) is 3.90. The molecule has 0 N–H and O–H groups in total. The van der Waals surface area contributed by atoms with Crippen LogP contribution in [-0.2, 0) is 4.79 Å². The number of ketones is 1. The van der Waals surface area contributed by atoms with Gasteiger partial charge in [0.2, 0.25) is 11.9 Å². The van der Waals surface area contributed by atoms with Crippen molar-refractivity contribution in [2.45, 2.75) is 78.3 Å². The van der Waals surface area contributed by atoms with Gasteiger partial charge in [-0.25, -0.2) is 9.97 Å². The smallest absolute Gasteiger partial charge is 0.225 e. The van der Waals surface area contributed by atoms with E-state index in [2.05, 4.69) is 33.6 Å². The maximum Gasteiger partial charge on any atom is 0.225 e. The van der Waals surface area contributed by atoms with E-state index in [1.807, 2.05) is 6.92 Å². The van der Waals surface area contributed by atoms with Crippen molar-refractivity contribution in [1.82, 2.24) is 14.9 Å². The molecule has 29 heavy (non-hydrogen) atoms. The Kier molecular flexibility index (Phi) is 5.63. The minimum Gasteiger partial charge on any atom is -0.340 e. The van der Waals surface area contributed by atoms with Crippen molar-refractivity contribution in [3.63, 3.8) is 0 Å². The molecule has 0 radical (unpaired) electrons. The van der Waals surface area contributed by atoms with Crippen LogP contribution in [0, 0.1) is 24.7 Å². The molecule has 0 spiro atoms. The van der Waals surface area contributed by atoms with Crippen LogP contribution < -0.4 is 4.90 Å². The number of hydrogen-bond donors (Lipinski definition) is 0. The summed E-state index contributed by atoms with van der Waals surface area (Å²) in [6.45, 7) is 9.78. The van der Waals surface area contributed by atoms with Crippen LogP contribution in [0.3, 0.4) is 0 Å². The minimum absolute atomic E-state index is 0.00896. The maximum atomic E-state index is 12.9. The number of rotatable bonds is 5. The predicted octanol–water partition coefficient (Wildman–Crippen LogP) is 3.63. The van der Waals surface area contributed by atoms with Gasteiger partial charge in [-0.3, -0.25) is 9.59 Å². The lowest BCUT2D eigenvalue weighted by Crippen LogP contribution is -2.65. The molecule has 3 saturated heterocycles. The summed E-state index contributed by atoms with van der Waals surface area (Å²) in [5.74, 6) is 2.73. The Morgan fingerprint density at radius 3 is 2.72 bits per heavy atom. The van der Waals surface area contributed by atoms with Gasteiger partial charge in [0.05, 0.1) is 11.3 Å². The zero-order valence-corrected chi connectivity index (χ0v) is 18.2. The molecule has 0 unspecified atom stereocenters. The fourth-order valence-corrected chi connectivity index (χ4v) is 5.77. The quantitative estimate of drug-likeness (QED) is 0.709. The zero-order valence-electron chi connectivity index (χ0n) is 18.2. The van der Waals surface area contributed by atoms with Crippen molar-refractivity contribution in [1.29, 1.82) is 0 Å². The Labute approximate surface area is 174 Å². The van der Waals surface area contributed by atoms with E-state index >= 15 is 0 Å². The summed E-state index contributed by atoms with van der Waals surface area (Å²) in [4.78, 5) is 38.4. The van der Waals surface area contributed by atoms with Crippen molar-refractivity contribution in [2.24, 2.45) is 17.8 Å². The first-order valence-electron chi connectivity index (χ1n) is 11.3. The lowest BCUT2D eigenvalue weighted by molar-refractivity contribution is -0.149. The van der Waals surface area contributed by atoms with Crippen LogP contribution >= 0.6 is 0 Å². The molecule has 3 aliphatic heterocycles. The second kappa shape index (κ2) is 8.04. The molecule has 6 nitrogen and oxygen atoms in total. The number of carbonyl (C=O) groups excluding carboxylic acids is 2. The van der Waals surface area contributed by atoms with E-state index in [0.717, 1.165) is 50.4 Å². The van der Waals surface area contributed by atoms with Crippen molar-refractivity contribution in [3.05, 3.63) is 17.5 Å². The lowest BCUT2D eigenvalue weighted by atomic mass is 9.71. The second-order valence-corrected chi connectivity index (χ2v) is 9.69. The summed E-state index contributed by atoms with van der Waals surface area (Å²) in [6.07, 6.45) is 7.99. The van der Waals surface area contributed by atoms with E-state index in [0.29, 0.717) is 47.7 Å². The van der Waals surface area contributed by atoms with Gasteiger partial charge >= 0.3 is 0 Å². The van der Waals surface area contributed by atoms with Crippen molar-refractivity contribution >= 4 is 17.6 Å². The van der Waals surface area contributed by atoms with Gasteiger partial charge in [-0.2, -0.15) is 0 Å². The van der Waals surface area contributed by atoms with Crippen LogP contribution in [-0.4, -0.2) is 51.7 Å². The molecule has 6 heteroatoms. The Hall–Kier alpha value is -1.98. The number of Topliss-reactive ketones (excluding diaryl/α,β-unsaturated/α-hetero) is 1. The monoisotopic (exact) mass is 398 g/mol. The number of fused-ring (bicyclic) bond motifs is 4. The van der Waals surface area contributed by atoms with Crippen LogP contribution in [0.5, 0.6) is 0 Å². The molecular weight excluding hydrogens is 364 g/mol. The van der Waals surface area contributed by atoms with E-state index in [1.165, 1.54) is 6.42 Å². The predicted molar refractivity (Wildman–Crippen MR) is 113 cm³/mol. The highest BCUT2D eigenvalue weighted by atomic mass is 16.2. The topological polar surface area (TPSA) is 66.4 Å². The number of amides is 1. The number of piperidine rings is 3. The molecule has 4 heterocycles. The van der Waals surface area contributed by atoms with Gasteiger partial charge in [-0.1, -0.05) is 13.8 Å². The summed E-state index contributed by atoms with van der Waals surface area (Å²) in [6, 6.07) is 0.705. The van der Waals surface area contributed by atoms with Gasteiger partial charge in [-0.15, -0.1) is 0 Å². The van der Waals surface area contributed by atoms with Gasteiger partial charge in [-0.05, 0) is 63.7 Å². The molecule has 2 bridgehead atoms. The SMILES string of the molecule is CC(=O)c1cnc(N2C[C@H]3C[C@@H](C2)[C@H](CCC(C)C)N2C(=O)CCC[C@@H]32)nc1C. The van der Waals surface area contributed by atoms with Crippen LogP contribution in [0.25, 0.3) is 0 Å². The van der Waals surface area contributed by atoms with Gasteiger partial charge in [0.25, 0.3) is 0 Å². The molecular formula is C23H34N4O2. The molecule has 1 aromatic rings. The molecule has 3 fully saturated rings. The largest absolute Gasteiger partial charge is 0.340 e. The van der Waals surface area contributed by atoms with E-state index in [1.54, 1.807) is 13.1 Å². The molecule has 4 rings (SSSR count). The maximum absolute atomic E-state index is 12.9. The molecule has 4 atom stereocenters. The minimum atomic E-state index is 0.00896. The number of carbonyl (C=O) groups is 2. The standard InChI is InChI=1S/C23H34N4O2/c1-14(2)8-9-21-18-10-17(20-6-5-7-22(29)27(20)21)12-26(13-18)23-24-11-19(16(4)28)15(3)25-23/h11,14,17-18,20-21H,5-10,12-13H2,1-4H3/t17-,18+,20+,21+/m1/s1. The van der Waals surface area contributed by atoms with E-state index in [9.17, 15) is 9.59 Å². The molecule has 0 aliphatic carbocycles. The molecule has 3 aliphatic rings. The highest BCUT2D eigenvalue weighted by Crippen LogP contribution is 2.43. The highest BCUT2D eigenvalue weighted by Gasteiger charge is 2.49. The summed E-state index contributed by atoms with van der Waals surface area (Å²) in [7, 11) is 0. The van der Waals surface area contributed by atoms with Gasteiger partial charge < -0.3 is 9.80 Å². The van der Waals surface area contributed by atoms with Crippen molar-refractivity contribution in [2.75, 3.05) is 18.0 Å². The van der Waals surface area contributed by atoms with E-state index in [4.69, 9.17) is 0 Å². The lowest BCUT2D eigenvalue weighted by Gasteiger charge is -2.56. The summed E-state index contributed by atoms with van der Waals surface area (Å²) < 4.78 is 0. The fraction of sp³-hybridized carbons (Fsp3) is 0.739. The molecule has 0 saturated carbocycles. The second-order valence-electron chi connectivity index (χ2n) is 9.69. The Morgan fingerprint density at radius 1 is 1.28 bits per heavy atom. The third-order valence-electron chi connectivity index (χ3n) is 7.17. The summed E-state index contributed by atoms with van der Waals surface area (Å²) in [5, 5.41) is 0. The first kappa shape index (κ1) is 20.3. The number of aryl methyl sites for hydroxylation is 1. The molecule has 0 aromatic carbocycles. The van der Waals surface area contributed by atoms with Gasteiger partial charge in [0.15, 0.2) is 5.78 Å². The first-order valence-corrected chi connectivity index (χ1v) is 11.3. The van der Waals surface area contributed by atoms with Crippen LogP contribution in [0.4, 0.5) is 5.95 Å². The number of anilines is 1. The average molecular weight is 399 g/mol. The number of hydrogen-bond acceptors (Lipinski definition) is 5. The molecule has 1 amide bonds. The number of nitrogens with zero attached hydrogens (tertiary/aromatic N) is 4. The van der Waals surface area contributed by atoms with Crippen molar-refractivity contribution < 1.29 is 9.59 Å². The van der Waals surface area contributed by atoms with Crippen LogP contribution in [0.15, 0.2) is 6.20 Å². The summed E-state index contributed by atoms with van der Waals surface area (Å²) >= 11 is 0. The Morgan fingerprint density at radius 2 is 2.03 bits per heavy atom. The molecule has 1 aromatic heterocycles. The van der Waals surface area contributed by atoms with Gasteiger partial charge in [0.1, 0.15) is 0 Å². The third-order valence-corrected chi connectivity index (χ3v) is 7.17. The fourth-order valence-electron chi connectivity index (χ4n) is 5.77. The van der Waals surface area contributed by atoms with E-state index < -0.39 is 0 Å². The summed E-state index contributed by atoms with van der Waals surface area (Å²) in [5.41, 5.74) is 1.36. The highest BCUT2D eigenvalue weighted by molar-refractivity contribution is 5.94. The van der Waals surface area contributed by atoms with E-state index in [-0.39, 0.29) is 5.78 Å². The van der Waals surface area contributed by atoms with Gasteiger partial charge in [0, 0.05) is 37.8 Å². The first-order chi connectivity index (χ1) is 13.8.